The van der Waals surface area contributed by atoms with E-state index in [4.69, 9.17) is 17.3 Å². The van der Waals surface area contributed by atoms with Gasteiger partial charge in [-0.2, -0.15) is 0 Å². The van der Waals surface area contributed by atoms with Crippen LogP contribution in [0.1, 0.15) is 35.6 Å². The Hall–Kier alpha value is -3.39. The Labute approximate surface area is 216 Å². The van der Waals surface area contributed by atoms with Crippen LogP contribution in [0.3, 0.4) is 0 Å². The van der Waals surface area contributed by atoms with Crippen molar-refractivity contribution in [1.82, 2.24) is 10.2 Å². The van der Waals surface area contributed by atoms with E-state index < -0.39 is 0 Å². The third-order valence-electron chi connectivity index (χ3n) is 6.80. The van der Waals surface area contributed by atoms with Crippen LogP contribution >= 0.6 is 0 Å². The Morgan fingerprint density at radius 1 is 1.17 bits per heavy atom. The summed E-state index contributed by atoms with van der Waals surface area (Å²) in [6.07, 6.45) is 8.80. The van der Waals surface area contributed by atoms with E-state index in [1.165, 1.54) is 27.3 Å². The van der Waals surface area contributed by atoms with E-state index >= 15 is 0 Å². The second kappa shape index (κ2) is 13.1. The number of hydrogen-bond acceptors (Lipinski definition) is 7. The van der Waals surface area contributed by atoms with Gasteiger partial charge in [-0.3, -0.25) is 14.9 Å². The minimum atomic E-state index is 0.693. The van der Waals surface area contributed by atoms with Gasteiger partial charge in [0.05, 0.1) is 11.4 Å². The van der Waals surface area contributed by atoms with Crippen molar-refractivity contribution in [3.05, 3.63) is 83.7 Å². The van der Waals surface area contributed by atoms with Gasteiger partial charge in [-0.25, -0.2) is 5.84 Å². The number of nitrogen functional groups attached to an aromatic ring is 1. The summed E-state index contributed by atoms with van der Waals surface area (Å²) >= 11 is 0. The molecule has 0 bridgehead atoms. The van der Waals surface area contributed by atoms with E-state index in [2.05, 4.69) is 47.4 Å². The third-order valence-corrected chi connectivity index (χ3v) is 6.80. The van der Waals surface area contributed by atoms with Gasteiger partial charge in [0.2, 0.25) is 0 Å². The van der Waals surface area contributed by atoms with Gasteiger partial charge in [0.1, 0.15) is 0 Å². The predicted molar refractivity (Wildman–Crippen MR) is 155 cm³/mol. The Bertz CT molecular complexity index is 1130. The zero-order valence-electron chi connectivity index (χ0n) is 21.8. The Morgan fingerprint density at radius 2 is 1.94 bits per heavy atom. The normalized spacial score (nSPS) is 13.6. The number of aryl methyl sites for hydroxylation is 1. The highest BCUT2D eigenvalue weighted by Gasteiger charge is 2.19. The van der Waals surface area contributed by atoms with Crippen LogP contribution in [0.15, 0.2) is 66.5 Å². The first-order valence-corrected chi connectivity index (χ1v) is 12.6. The van der Waals surface area contributed by atoms with Gasteiger partial charge in [0.15, 0.2) is 0 Å². The maximum atomic E-state index is 6.54. The van der Waals surface area contributed by atoms with E-state index in [0.717, 1.165) is 73.5 Å². The number of nitrogens with two attached hydrogens (primary N) is 3. The molecule has 1 aliphatic rings. The molecule has 0 radical (unpaired) electrons. The molecule has 0 unspecified atom stereocenters. The molecule has 1 aliphatic carbocycles. The SMILES string of the molecule is C=CN(N)c1cc(N=CC(=CN)CN(CCNC)CCc2ccc3c(c2N)CCC3=C)ccc1CC. The summed E-state index contributed by atoms with van der Waals surface area (Å²) < 4.78 is 0. The van der Waals surface area contributed by atoms with Crippen molar-refractivity contribution >= 4 is 28.8 Å². The third kappa shape index (κ3) is 6.63. The fourth-order valence-electron chi connectivity index (χ4n) is 4.58. The first-order valence-electron chi connectivity index (χ1n) is 12.6. The molecule has 3 rings (SSSR count). The molecule has 0 aromatic heterocycles. The average molecular weight is 488 g/mol. The molecule has 0 saturated heterocycles. The molecule has 7 N–H and O–H groups in total. The quantitative estimate of drug-likeness (QED) is 0.148. The molecule has 0 amide bonds. The van der Waals surface area contributed by atoms with Crippen LogP contribution in [0, 0.1) is 0 Å². The molecule has 0 spiro atoms. The lowest BCUT2D eigenvalue weighted by molar-refractivity contribution is 0.305. The fourth-order valence-corrected chi connectivity index (χ4v) is 4.58. The lowest BCUT2D eigenvalue weighted by Gasteiger charge is -2.23. The molecule has 0 heterocycles. The van der Waals surface area contributed by atoms with Gasteiger partial charge < -0.3 is 16.8 Å². The van der Waals surface area contributed by atoms with Crippen molar-refractivity contribution in [2.45, 2.75) is 32.6 Å². The molecular formula is C29H41N7. The molecule has 2 aromatic carbocycles. The van der Waals surface area contributed by atoms with Crippen molar-refractivity contribution in [2.24, 2.45) is 16.6 Å². The van der Waals surface area contributed by atoms with Crippen LogP contribution in [-0.2, 0) is 19.3 Å². The number of aliphatic imine (C=N–C) groups is 1. The lowest BCUT2D eigenvalue weighted by Crippen LogP contribution is -2.34. The number of hydrogen-bond donors (Lipinski definition) is 4. The highest BCUT2D eigenvalue weighted by atomic mass is 15.4. The molecule has 192 valence electrons. The number of likely N-dealkylation sites (N-methyl/N-ethyl adjacent to an activating group) is 1. The number of benzene rings is 2. The van der Waals surface area contributed by atoms with Crippen LogP contribution < -0.4 is 27.6 Å². The van der Waals surface area contributed by atoms with Crippen LogP contribution in [0.25, 0.3) is 5.57 Å². The summed E-state index contributed by atoms with van der Waals surface area (Å²) in [7, 11) is 1.96. The summed E-state index contributed by atoms with van der Waals surface area (Å²) in [5.41, 5.74) is 22.1. The van der Waals surface area contributed by atoms with Gasteiger partial charge >= 0.3 is 0 Å². The smallest absolute Gasteiger partial charge is 0.0651 e. The summed E-state index contributed by atoms with van der Waals surface area (Å²) in [4.78, 5) is 7.05. The van der Waals surface area contributed by atoms with Gasteiger partial charge in [-0.15, -0.1) is 0 Å². The summed E-state index contributed by atoms with van der Waals surface area (Å²) in [5.74, 6) is 6.07. The van der Waals surface area contributed by atoms with E-state index in [1.807, 2.05) is 31.5 Å². The highest BCUT2D eigenvalue weighted by Crippen LogP contribution is 2.36. The Kier molecular flexibility index (Phi) is 9.87. The molecule has 7 nitrogen and oxygen atoms in total. The largest absolute Gasteiger partial charge is 0.404 e. The number of nitrogens with zero attached hydrogens (tertiary/aromatic N) is 3. The summed E-state index contributed by atoms with van der Waals surface area (Å²) in [6, 6.07) is 10.3. The van der Waals surface area contributed by atoms with Crippen molar-refractivity contribution in [3.63, 3.8) is 0 Å². The Morgan fingerprint density at radius 3 is 2.64 bits per heavy atom. The van der Waals surface area contributed by atoms with Crippen LogP contribution in [0.2, 0.25) is 0 Å². The molecule has 7 heteroatoms. The van der Waals surface area contributed by atoms with Gasteiger partial charge in [-0.05, 0) is 84.5 Å². The summed E-state index contributed by atoms with van der Waals surface area (Å²) in [6.45, 7) is 13.4. The Balaban J connectivity index is 1.70. The molecule has 0 aliphatic heterocycles. The van der Waals surface area contributed by atoms with Gasteiger partial charge in [0, 0.05) is 44.3 Å². The zero-order valence-corrected chi connectivity index (χ0v) is 21.8. The fraction of sp³-hybridized carbons (Fsp3) is 0.345. The second-order valence-electron chi connectivity index (χ2n) is 9.15. The number of fused-ring (bicyclic) bond motifs is 1. The first kappa shape index (κ1) is 27.2. The van der Waals surface area contributed by atoms with E-state index in [1.54, 1.807) is 12.4 Å². The highest BCUT2D eigenvalue weighted by molar-refractivity contribution is 5.82. The van der Waals surface area contributed by atoms with E-state index in [0.29, 0.717) is 6.54 Å². The van der Waals surface area contributed by atoms with E-state index in [-0.39, 0.29) is 0 Å². The molecule has 0 atom stereocenters. The standard InChI is InChI=1S/C29H41N7/c1-5-23-8-10-25(17-28(23)36(32)6-2)34-19-22(18-30)20-35(16-14-33-4)15-13-24-9-12-26-21(3)7-11-27(26)29(24)31/h6,8-10,12,17-19,33H,2-3,5,7,11,13-16,20,30-32H2,1,4H3. The second-order valence-corrected chi connectivity index (χ2v) is 9.15. The topological polar surface area (TPSA) is 109 Å². The lowest BCUT2D eigenvalue weighted by atomic mass is 10.00. The predicted octanol–water partition coefficient (Wildman–Crippen LogP) is 3.92. The van der Waals surface area contributed by atoms with Crippen LogP contribution in [0.5, 0.6) is 0 Å². The number of nitrogens with one attached hydrogen (secondary N) is 1. The van der Waals surface area contributed by atoms with Gasteiger partial charge in [0.25, 0.3) is 0 Å². The minimum Gasteiger partial charge on any atom is -0.404 e. The van der Waals surface area contributed by atoms with Crippen LogP contribution in [0.4, 0.5) is 17.1 Å². The van der Waals surface area contributed by atoms with Crippen molar-refractivity contribution < 1.29 is 0 Å². The minimum absolute atomic E-state index is 0.693. The number of rotatable bonds is 13. The number of hydrazine groups is 1. The first-order chi connectivity index (χ1) is 17.4. The molecule has 0 saturated carbocycles. The zero-order chi connectivity index (χ0) is 26.1. The average Bonchev–Trinajstić information content (AvgIpc) is 3.29. The molecule has 2 aromatic rings. The summed E-state index contributed by atoms with van der Waals surface area (Å²) in [5, 5.41) is 4.77. The van der Waals surface area contributed by atoms with Gasteiger partial charge in [-0.1, -0.05) is 38.3 Å². The maximum absolute atomic E-state index is 6.54. The van der Waals surface area contributed by atoms with Crippen molar-refractivity contribution in [2.75, 3.05) is 44.0 Å². The molecular weight excluding hydrogens is 446 g/mol. The van der Waals surface area contributed by atoms with Crippen molar-refractivity contribution in [3.8, 4) is 0 Å². The molecule has 36 heavy (non-hydrogen) atoms. The van der Waals surface area contributed by atoms with Crippen LogP contribution in [-0.4, -0.2) is 44.3 Å². The van der Waals surface area contributed by atoms with E-state index in [9.17, 15) is 0 Å². The monoisotopic (exact) mass is 487 g/mol. The molecule has 0 fully saturated rings. The number of anilines is 2. The maximum Gasteiger partial charge on any atom is 0.0651 e. The van der Waals surface area contributed by atoms with Crippen molar-refractivity contribution in [1.29, 1.82) is 0 Å². The number of allylic oxidation sites excluding steroid dienone is 1.